The number of ether oxygens (including phenoxy) is 1. The molecule has 2 N–H and O–H groups in total. The number of hydrogen-bond donors (Lipinski definition) is 1. The summed E-state index contributed by atoms with van der Waals surface area (Å²) in [6.07, 6.45) is 2.60. The molecule has 1 fully saturated rings. The first-order valence-electron chi connectivity index (χ1n) is 7.76. The number of methoxy groups -OCH3 is 1. The van der Waals surface area contributed by atoms with Crippen LogP contribution in [-0.2, 0) is 4.74 Å². The van der Waals surface area contributed by atoms with E-state index in [2.05, 4.69) is 47.4 Å². The van der Waals surface area contributed by atoms with Crippen LogP contribution in [0.4, 0.5) is 0 Å². The normalized spacial score (nSPS) is 16.5. The number of hydrogen-bond acceptors (Lipinski definition) is 3. The highest BCUT2D eigenvalue weighted by Gasteiger charge is 2.30. The van der Waals surface area contributed by atoms with Crippen LogP contribution in [0.25, 0.3) is 10.8 Å². The number of benzene rings is 2. The molecule has 2 aromatic rings. The van der Waals surface area contributed by atoms with E-state index < -0.39 is 0 Å². The first kappa shape index (κ1) is 14.5. The predicted molar refractivity (Wildman–Crippen MR) is 87.3 cm³/mol. The molecular weight excluding hydrogens is 260 g/mol. The zero-order chi connectivity index (χ0) is 14.7. The van der Waals surface area contributed by atoms with Crippen molar-refractivity contribution in [2.45, 2.75) is 24.9 Å². The van der Waals surface area contributed by atoms with E-state index in [1.807, 2.05) is 0 Å². The molecule has 1 saturated carbocycles. The maximum Gasteiger partial charge on any atom is 0.0589 e. The third kappa shape index (κ3) is 3.43. The highest BCUT2D eigenvalue weighted by atomic mass is 16.5. The lowest BCUT2D eigenvalue weighted by atomic mass is 9.99. The third-order valence-electron chi connectivity index (χ3n) is 4.30. The van der Waals surface area contributed by atoms with Gasteiger partial charge < -0.3 is 10.5 Å². The van der Waals surface area contributed by atoms with E-state index >= 15 is 0 Å². The summed E-state index contributed by atoms with van der Waals surface area (Å²) in [6, 6.07) is 15.7. The Balaban J connectivity index is 1.78. The van der Waals surface area contributed by atoms with Crippen LogP contribution < -0.4 is 5.73 Å². The molecule has 0 heterocycles. The summed E-state index contributed by atoms with van der Waals surface area (Å²) in [5.41, 5.74) is 7.76. The Morgan fingerprint density at radius 2 is 1.95 bits per heavy atom. The van der Waals surface area contributed by atoms with Gasteiger partial charge in [-0.3, -0.25) is 4.90 Å². The molecule has 0 radical (unpaired) electrons. The highest BCUT2D eigenvalue weighted by molar-refractivity contribution is 5.86. The first-order valence-corrected chi connectivity index (χ1v) is 7.76. The fourth-order valence-corrected chi connectivity index (χ4v) is 3.00. The van der Waals surface area contributed by atoms with Crippen LogP contribution in [-0.4, -0.2) is 37.7 Å². The van der Waals surface area contributed by atoms with E-state index in [0.29, 0.717) is 6.04 Å². The molecule has 0 amide bonds. The monoisotopic (exact) mass is 284 g/mol. The Hall–Kier alpha value is -1.42. The Bertz CT molecular complexity index is 589. The average Bonchev–Trinajstić information content (AvgIpc) is 3.35. The molecule has 0 aromatic heterocycles. The SMILES string of the molecule is COCCN(CC(N)c1cccc2ccccc12)C1CC1. The van der Waals surface area contributed by atoms with E-state index in [1.54, 1.807) is 7.11 Å². The van der Waals surface area contributed by atoms with Gasteiger partial charge >= 0.3 is 0 Å². The second kappa shape index (κ2) is 6.56. The third-order valence-corrected chi connectivity index (χ3v) is 4.30. The molecule has 0 spiro atoms. The molecule has 1 atom stereocenters. The molecule has 3 heteroatoms. The Labute approximate surface area is 126 Å². The number of fused-ring (bicyclic) bond motifs is 1. The van der Waals surface area contributed by atoms with Crippen molar-refractivity contribution in [3.05, 3.63) is 48.0 Å². The maximum atomic E-state index is 6.52. The fourth-order valence-electron chi connectivity index (χ4n) is 3.00. The van der Waals surface area contributed by atoms with Crippen molar-refractivity contribution in [3.63, 3.8) is 0 Å². The Morgan fingerprint density at radius 1 is 1.19 bits per heavy atom. The molecule has 0 aliphatic heterocycles. The molecule has 3 nitrogen and oxygen atoms in total. The summed E-state index contributed by atoms with van der Waals surface area (Å²) in [4.78, 5) is 2.48. The van der Waals surface area contributed by atoms with Crippen molar-refractivity contribution in [1.29, 1.82) is 0 Å². The van der Waals surface area contributed by atoms with Crippen LogP contribution in [0.3, 0.4) is 0 Å². The smallest absolute Gasteiger partial charge is 0.0589 e. The second-order valence-electron chi connectivity index (χ2n) is 5.89. The Kier molecular flexibility index (Phi) is 4.54. The first-order chi connectivity index (χ1) is 10.3. The lowest BCUT2D eigenvalue weighted by Crippen LogP contribution is -2.36. The molecule has 1 aliphatic carbocycles. The molecule has 21 heavy (non-hydrogen) atoms. The zero-order valence-corrected chi connectivity index (χ0v) is 12.7. The molecular formula is C18H24N2O. The van der Waals surface area contributed by atoms with Crippen LogP contribution in [0.2, 0.25) is 0 Å². The van der Waals surface area contributed by atoms with Gasteiger partial charge in [0.05, 0.1) is 6.61 Å². The van der Waals surface area contributed by atoms with Gasteiger partial charge in [-0.1, -0.05) is 42.5 Å². The van der Waals surface area contributed by atoms with Crippen LogP contribution in [0.1, 0.15) is 24.4 Å². The molecule has 2 aromatic carbocycles. The van der Waals surface area contributed by atoms with Crippen molar-refractivity contribution >= 4 is 10.8 Å². The molecule has 0 saturated heterocycles. The summed E-state index contributed by atoms with van der Waals surface area (Å²) >= 11 is 0. The summed E-state index contributed by atoms with van der Waals surface area (Å²) < 4.78 is 5.23. The average molecular weight is 284 g/mol. The van der Waals surface area contributed by atoms with Crippen molar-refractivity contribution in [2.75, 3.05) is 26.8 Å². The van der Waals surface area contributed by atoms with Crippen LogP contribution in [0.15, 0.2) is 42.5 Å². The van der Waals surface area contributed by atoms with Gasteiger partial charge in [-0.25, -0.2) is 0 Å². The lowest BCUT2D eigenvalue weighted by molar-refractivity contribution is 0.139. The quantitative estimate of drug-likeness (QED) is 0.849. The van der Waals surface area contributed by atoms with E-state index in [-0.39, 0.29) is 6.04 Å². The molecule has 3 rings (SSSR count). The van der Waals surface area contributed by atoms with Gasteiger partial charge in [0.15, 0.2) is 0 Å². The van der Waals surface area contributed by atoms with Crippen molar-refractivity contribution in [3.8, 4) is 0 Å². The largest absolute Gasteiger partial charge is 0.383 e. The van der Waals surface area contributed by atoms with Gasteiger partial charge in [0.2, 0.25) is 0 Å². The van der Waals surface area contributed by atoms with Gasteiger partial charge in [-0.2, -0.15) is 0 Å². The summed E-state index contributed by atoms with van der Waals surface area (Å²) in [7, 11) is 1.76. The summed E-state index contributed by atoms with van der Waals surface area (Å²) in [5, 5.41) is 2.54. The van der Waals surface area contributed by atoms with E-state index in [4.69, 9.17) is 10.5 Å². The standard InChI is InChI=1S/C18H24N2O/c1-21-12-11-20(15-9-10-15)13-18(19)17-8-4-6-14-5-2-3-7-16(14)17/h2-8,15,18H,9-13,19H2,1H3. The van der Waals surface area contributed by atoms with E-state index in [9.17, 15) is 0 Å². The summed E-state index contributed by atoms with van der Waals surface area (Å²) in [5.74, 6) is 0. The van der Waals surface area contributed by atoms with Gasteiger partial charge in [-0.05, 0) is 29.2 Å². The fraction of sp³-hybridized carbons (Fsp3) is 0.444. The molecule has 1 unspecified atom stereocenters. The van der Waals surface area contributed by atoms with Gasteiger partial charge in [0.1, 0.15) is 0 Å². The van der Waals surface area contributed by atoms with Gasteiger partial charge in [0, 0.05) is 32.3 Å². The minimum atomic E-state index is 0.0496. The minimum absolute atomic E-state index is 0.0496. The second-order valence-corrected chi connectivity index (χ2v) is 5.89. The highest BCUT2D eigenvalue weighted by Crippen LogP contribution is 2.29. The topological polar surface area (TPSA) is 38.5 Å². The van der Waals surface area contributed by atoms with Crippen LogP contribution in [0.5, 0.6) is 0 Å². The van der Waals surface area contributed by atoms with E-state index in [1.165, 1.54) is 29.2 Å². The summed E-state index contributed by atoms with van der Waals surface area (Å²) in [6.45, 7) is 2.65. The molecule has 0 bridgehead atoms. The van der Waals surface area contributed by atoms with Crippen molar-refractivity contribution < 1.29 is 4.74 Å². The lowest BCUT2D eigenvalue weighted by Gasteiger charge is -2.26. The van der Waals surface area contributed by atoms with Gasteiger partial charge in [0.25, 0.3) is 0 Å². The van der Waals surface area contributed by atoms with Crippen molar-refractivity contribution in [2.24, 2.45) is 5.73 Å². The zero-order valence-electron chi connectivity index (χ0n) is 12.7. The van der Waals surface area contributed by atoms with Crippen LogP contribution >= 0.6 is 0 Å². The van der Waals surface area contributed by atoms with Crippen molar-refractivity contribution in [1.82, 2.24) is 4.90 Å². The Morgan fingerprint density at radius 3 is 2.71 bits per heavy atom. The number of nitrogens with zero attached hydrogens (tertiary/aromatic N) is 1. The van der Waals surface area contributed by atoms with Gasteiger partial charge in [-0.15, -0.1) is 0 Å². The predicted octanol–water partition coefficient (Wildman–Crippen LogP) is 2.95. The van der Waals surface area contributed by atoms with Crippen LogP contribution in [0, 0.1) is 0 Å². The van der Waals surface area contributed by atoms with E-state index in [0.717, 1.165) is 19.7 Å². The number of rotatable bonds is 7. The number of nitrogens with two attached hydrogens (primary N) is 1. The molecule has 112 valence electrons. The maximum absolute atomic E-state index is 6.52. The molecule has 1 aliphatic rings. The minimum Gasteiger partial charge on any atom is -0.383 e.